The molecule has 0 unspecified atom stereocenters. The fourth-order valence-electron chi connectivity index (χ4n) is 2.97. The van der Waals surface area contributed by atoms with E-state index in [2.05, 4.69) is 29.4 Å². The third kappa shape index (κ3) is 4.51. The number of benzene rings is 2. The number of likely N-dealkylation sites (N-methyl/N-ethyl adjacent to an activating group) is 1. The molecular formula is C20H26N3O2+. The van der Waals surface area contributed by atoms with E-state index in [4.69, 9.17) is 4.74 Å². The Bertz CT molecular complexity index is 690. The van der Waals surface area contributed by atoms with Crippen LogP contribution >= 0.6 is 0 Å². The Balaban J connectivity index is 1.60. The first-order chi connectivity index (χ1) is 12.2. The number of nitrogens with zero attached hydrogens (tertiary/aromatic N) is 1. The number of carbonyl (C=O) groups is 1. The number of ether oxygens (including phenoxy) is 1. The highest BCUT2D eigenvalue weighted by Crippen LogP contribution is 2.19. The minimum atomic E-state index is -0.112. The van der Waals surface area contributed by atoms with Crippen LogP contribution in [-0.2, 0) is 0 Å². The van der Waals surface area contributed by atoms with Crippen molar-refractivity contribution in [3.63, 3.8) is 0 Å². The monoisotopic (exact) mass is 340 g/mol. The molecule has 0 atom stereocenters. The van der Waals surface area contributed by atoms with E-state index in [-0.39, 0.29) is 5.91 Å². The first-order valence-corrected chi connectivity index (χ1v) is 8.86. The molecule has 25 heavy (non-hydrogen) atoms. The highest BCUT2D eigenvalue weighted by atomic mass is 16.5. The van der Waals surface area contributed by atoms with Crippen LogP contribution in [0.1, 0.15) is 17.3 Å². The number of quaternary nitrogens is 1. The van der Waals surface area contributed by atoms with Crippen molar-refractivity contribution in [2.75, 3.05) is 50.1 Å². The van der Waals surface area contributed by atoms with Gasteiger partial charge in [-0.2, -0.15) is 0 Å². The quantitative estimate of drug-likeness (QED) is 0.870. The van der Waals surface area contributed by atoms with Crippen LogP contribution in [0.25, 0.3) is 0 Å². The molecule has 1 aliphatic rings. The van der Waals surface area contributed by atoms with Crippen molar-refractivity contribution < 1.29 is 14.4 Å². The zero-order valence-corrected chi connectivity index (χ0v) is 14.9. The van der Waals surface area contributed by atoms with Gasteiger partial charge in [0.1, 0.15) is 5.75 Å². The van der Waals surface area contributed by atoms with Gasteiger partial charge in [0.15, 0.2) is 0 Å². The first-order valence-electron chi connectivity index (χ1n) is 8.86. The van der Waals surface area contributed by atoms with E-state index in [0.717, 1.165) is 37.6 Å². The van der Waals surface area contributed by atoms with Gasteiger partial charge in [-0.3, -0.25) is 4.79 Å². The molecule has 0 radical (unpaired) electrons. The van der Waals surface area contributed by atoms with E-state index >= 15 is 0 Å². The third-order valence-corrected chi connectivity index (χ3v) is 4.53. The summed E-state index contributed by atoms with van der Waals surface area (Å²) in [5, 5.41) is 2.94. The highest BCUT2D eigenvalue weighted by Gasteiger charge is 2.16. The van der Waals surface area contributed by atoms with Gasteiger partial charge >= 0.3 is 0 Å². The third-order valence-electron chi connectivity index (χ3n) is 4.53. The van der Waals surface area contributed by atoms with E-state index in [1.165, 1.54) is 5.69 Å². The smallest absolute Gasteiger partial charge is 0.255 e. The number of rotatable bonds is 5. The zero-order valence-electron chi connectivity index (χ0n) is 14.9. The maximum Gasteiger partial charge on any atom is 0.255 e. The first kappa shape index (κ1) is 17.3. The molecule has 0 aliphatic carbocycles. The Morgan fingerprint density at radius 2 is 1.72 bits per heavy atom. The number of nitrogens with one attached hydrogen (secondary N) is 2. The Hall–Kier alpha value is -2.53. The summed E-state index contributed by atoms with van der Waals surface area (Å²) in [7, 11) is 2.23. The van der Waals surface area contributed by atoms with Gasteiger partial charge in [-0.25, -0.2) is 0 Å². The number of carbonyl (C=O) groups excluding carboxylic acids is 1. The summed E-state index contributed by atoms with van der Waals surface area (Å²) < 4.78 is 5.40. The molecule has 1 saturated heterocycles. The molecule has 2 aromatic carbocycles. The van der Waals surface area contributed by atoms with Gasteiger partial charge in [0.05, 0.1) is 39.8 Å². The van der Waals surface area contributed by atoms with Gasteiger partial charge in [0.25, 0.3) is 5.91 Å². The Morgan fingerprint density at radius 3 is 2.32 bits per heavy atom. The topological polar surface area (TPSA) is 46.0 Å². The van der Waals surface area contributed by atoms with Crippen LogP contribution in [0, 0.1) is 0 Å². The minimum Gasteiger partial charge on any atom is -0.494 e. The zero-order chi connectivity index (χ0) is 17.6. The molecule has 0 saturated carbocycles. The maximum atomic E-state index is 12.3. The summed E-state index contributed by atoms with van der Waals surface area (Å²) in [6, 6.07) is 15.3. The molecule has 1 heterocycles. The second-order valence-corrected chi connectivity index (χ2v) is 6.40. The van der Waals surface area contributed by atoms with Crippen LogP contribution in [0.4, 0.5) is 11.4 Å². The summed E-state index contributed by atoms with van der Waals surface area (Å²) in [5.41, 5.74) is 2.64. The number of amides is 1. The van der Waals surface area contributed by atoms with E-state index in [9.17, 15) is 4.79 Å². The lowest BCUT2D eigenvalue weighted by molar-refractivity contribution is -0.880. The molecule has 5 heteroatoms. The summed E-state index contributed by atoms with van der Waals surface area (Å²) in [6.07, 6.45) is 0. The van der Waals surface area contributed by atoms with Crippen molar-refractivity contribution in [3.05, 3.63) is 54.1 Å². The molecular weight excluding hydrogens is 314 g/mol. The molecule has 3 rings (SSSR count). The number of piperazine rings is 1. The number of hydrogen-bond donors (Lipinski definition) is 2. The van der Waals surface area contributed by atoms with Crippen LogP contribution in [0.2, 0.25) is 0 Å². The van der Waals surface area contributed by atoms with Crippen molar-refractivity contribution in [1.29, 1.82) is 0 Å². The fourth-order valence-corrected chi connectivity index (χ4v) is 2.97. The van der Waals surface area contributed by atoms with Gasteiger partial charge < -0.3 is 19.9 Å². The predicted octanol–water partition coefficient (Wildman–Crippen LogP) is 1.67. The lowest BCUT2D eigenvalue weighted by Gasteiger charge is -2.31. The average molecular weight is 340 g/mol. The highest BCUT2D eigenvalue weighted by molar-refractivity contribution is 6.04. The van der Waals surface area contributed by atoms with Gasteiger partial charge in [-0.05, 0) is 55.5 Å². The molecule has 132 valence electrons. The van der Waals surface area contributed by atoms with Crippen molar-refractivity contribution in [2.24, 2.45) is 0 Å². The van der Waals surface area contributed by atoms with Crippen LogP contribution in [0.3, 0.4) is 0 Å². The van der Waals surface area contributed by atoms with Gasteiger partial charge in [0.2, 0.25) is 0 Å². The maximum absolute atomic E-state index is 12.3. The van der Waals surface area contributed by atoms with E-state index in [1.54, 1.807) is 17.0 Å². The Labute approximate surface area is 149 Å². The minimum absolute atomic E-state index is 0.112. The normalized spacial score (nSPS) is 15.0. The van der Waals surface area contributed by atoms with Crippen LogP contribution in [0.5, 0.6) is 5.75 Å². The number of anilines is 2. The average Bonchev–Trinajstić information content (AvgIpc) is 2.64. The molecule has 1 aliphatic heterocycles. The second kappa shape index (κ2) is 8.03. The Morgan fingerprint density at radius 1 is 1.08 bits per heavy atom. The summed E-state index contributed by atoms with van der Waals surface area (Å²) >= 11 is 0. The fraction of sp³-hybridized carbons (Fsp3) is 0.350. The van der Waals surface area contributed by atoms with Crippen LogP contribution in [0.15, 0.2) is 48.5 Å². The van der Waals surface area contributed by atoms with Gasteiger partial charge in [-0.1, -0.05) is 0 Å². The van der Waals surface area contributed by atoms with E-state index in [1.807, 2.05) is 31.2 Å². The summed E-state index contributed by atoms with van der Waals surface area (Å²) in [5.74, 6) is 0.663. The second-order valence-electron chi connectivity index (χ2n) is 6.40. The van der Waals surface area contributed by atoms with Crippen molar-refractivity contribution >= 4 is 17.3 Å². The van der Waals surface area contributed by atoms with Gasteiger partial charge in [-0.15, -0.1) is 0 Å². The standard InChI is InChI=1S/C20H25N3O2/c1-3-25-19-10-4-16(5-11-19)20(24)21-17-6-8-18(9-7-17)23-14-12-22(2)13-15-23/h4-11H,3,12-15H2,1-2H3,(H,21,24)/p+1. The lowest BCUT2D eigenvalue weighted by atomic mass is 10.2. The summed E-state index contributed by atoms with van der Waals surface area (Å²) in [4.78, 5) is 16.3. The van der Waals surface area contributed by atoms with E-state index < -0.39 is 0 Å². The lowest BCUT2D eigenvalue weighted by Crippen LogP contribution is -3.12. The molecule has 0 aromatic heterocycles. The molecule has 2 aromatic rings. The molecule has 2 N–H and O–H groups in total. The summed E-state index contributed by atoms with van der Waals surface area (Å²) in [6.45, 7) is 7.03. The molecule has 0 bridgehead atoms. The molecule has 1 fully saturated rings. The van der Waals surface area contributed by atoms with Gasteiger partial charge in [0, 0.05) is 16.9 Å². The van der Waals surface area contributed by atoms with Crippen molar-refractivity contribution in [3.8, 4) is 5.75 Å². The molecule has 1 amide bonds. The Kier molecular flexibility index (Phi) is 5.56. The van der Waals surface area contributed by atoms with E-state index in [0.29, 0.717) is 12.2 Å². The van der Waals surface area contributed by atoms with Crippen LogP contribution in [-0.4, -0.2) is 45.7 Å². The van der Waals surface area contributed by atoms with Crippen molar-refractivity contribution in [1.82, 2.24) is 0 Å². The predicted molar refractivity (Wildman–Crippen MR) is 101 cm³/mol. The molecule has 0 spiro atoms. The molecule has 5 nitrogen and oxygen atoms in total. The largest absolute Gasteiger partial charge is 0.494 e. The number of hydrogen-bond acceptors (Lipinski definition) is 3. The van der Waals surface area contributed by atoms with Crippen molar-refractivity contribution in [2.45, 2.75) is 6.92 Å². The SMILES string of the molecule is CCOc1ccc(C(=O)Nc2ccc(N3CC[NH+](C)CC3)cc2)cc1. The van der Waals surface area contributed by atoms with Crippen LogP contribution < -0.4 is 19.9 Å².